The molecule has 2 N–H and O–H groups in total. The van der Waals surface area contributed by atoms with Gasteiger partial charge in [-0.05, 0) is 49.6 Å². The first-order valence-electron chi connectivity index (χ1n) is 6.40. The van der Waals surface area contributed by atoms with Gasteiger partial charge in [-0.2, -0.15) is 0 Å². The molecule has 0 radical (unpaired) electrons. The molecule has 0 unspecified atom stereocenters. The number of nitrogens with one attached hydrogen (secondary N) is 1. The first kappa shape index (κ1) is 14.2. The maximum absolute atomic E-state index is 10.4. The van der Waals surface area contributed by atoms with Crippen LogP contribution in [0, 0.1) is 12.3 Å². The highest BCUT2D eigenvalue weighted by Crippen LogP contribution is 2.48. The van der Waals surface area contributed by atoms with E-state index in [1.807, 2.05) is 6.92 Å². The topological polar surface area (TPSA) is 75.1 Å². The van der Waals surface area contributed by atoms with Crippen molar-refractivity contribution in [1.82, 2.24) is 15.3 Å². The summed E-state index contributed by atoms with van der Waals surface area (Å²) in [6, 6.07) is 0. The summed E-state index contributed by atoms with van der Waals surface area (Å²) in [6.45, 7) is 2.50. The Bertz CT molecular complexity index is 475. The minimum Gasteiger partial charge on any atom is -0.396 e. The smallest absolute Gasteiger partial charge is 0.222 e. The van der Waals surface area contributed by atoms with Gasteiger partial charge in [-0.25, -0.2) is 9.97 Å². The zero-order chi connectivity index (χ0) is 13.9. The molecule has 19 heavy (non-hydrogen) atoms. The van der Waals surface area contributed by atoms with Crippen molar-refractivity contribution in [2.24, 2.45) is 5.41 Å². The number of carbonyl (C=O) groups excluding carboxylic acids is 1. The van der Waals surface area contributed by atoms with E-state index in [9.17, 15) is 9.90 Å². The fraction of sp³-hybridized carbons (Fsp3) is 0.615. The van der Waals surface area contributed by atoms with Crippen molar-refractivity contribution in [2.45, 2.75) is 39.2 Å². The number of hydrogen-bond donors (Lipinski definition) is 2. The second-order valence-electron chi connectivity index (χ2n) is 5.16. The summed E-state index contributed by atoms with van der Waals surface area (Å²) >= 11 is 5.89. The molecule has 1 aliphatic carbocycles. The molecule has 1 saturated carbocycles. The second-order valence-corrected chi connectivity index (χ2v) is 5.50. The number of carbonyl (C=O) groups is 1. The zero-order valence-electron chi connectivity index (χ0n) is 10.9. The van der Waals surface area contributed by atoms with Gasteiger partial charge in [-0.15, -0.1) is 0 Å². The SMILES string of the molecule is Cc1nc(Cl)nc(CCC2(CO)CC2)c1CNC=O. The molecule has 1 heterocycles. The number of aryl methyl sites for hydroxylation is 2. The van der Waals surface area contributed by atoms with Crippen LogP contribution >= 0.6 is 11.6 Å². The van der Waals surface area contributed by atoms with Crippen LogP contribution in [-0.2, 0) is 17.8 Å². The Balaban J connectivity index is 2.14. The molecule has 1 aliphatic rings. The van der Waals surface area contributed by atoms with Gasteiger partial charge in [0.15, 0.2) is 0 Å². The summed E-state index contributed by atoms with van der Waals surface area (Å²) in [7, 11) is 0. The van der Waals surface area contributed by atoms with Crippen LogP contribution in [0.25, 0.3) is 0 Å². The van der Waals surface area contributed by atoms with E-state index in [0.717, 1.165) is 42.6 Å². The molecule has 0 aromatic carbocycles. The predicted octanol–water partition coefficient (Wildman–Crippen LogP) is 1.39. The Morgan fingerprint density at radius 2 is 2.21 bits per heavy atom. The molecule has 104 valence electrons. The number of nitrogens with zero attached hydrogens (tertiary/aromatic N) is 2. The number of aliphatic hydroxyl groups excluding tert-OH is 1. The number of hydrogen-bond acceptors (Lipinski definition) is 4. The molecule has 0 atom stereocenters. The maximum Gasteiger partial charge on any atom is 0.222 e. The second kappa shape index (κ2) is 5.84. The highest BCUT2D eigenvalue weighted by Gasteiger charge is 2.41. The number of amides is 1. The lowest BCUT2D eigenvalue weighted by Gasteiger charge is -2.14. The zero-order valence-corrected chi connectivity index (χ0v) is 11.7. The van der Waals surface area contributed by atoms with E-state index in [2.05, 4.69) is 15.3 Å². The van der Waals surface area contributed by atoms with E-state index in [-0.39, 0.29) is 17.3 Å². The van der Waals surface area contributed by atoms with Gasteiger partial charge in [0.25, 0.3) is 0 Å². The molecule has 0 saturated heterocycles. The molecule has 1 aromatic rings. The van der Waals surface area contributed by atoms with Crippen LogP contribution in [0.4, 0.5) is 0 Å². The van der Waals surface area contributed by atoms with E-state index >= 15 is 0 Å². The normalized spacial score (nSPS) is 16.2. The van der Waals surface area contributed by atoms with Crippen molar-refractivity contribution >= 4 is 18.0 Å². The maximum atomic E-state index is 10.4. The largest absolute Gasteiger partial charge is 0.396 e. The third-order valence-electron chi connectivity index (χ3n) is 3.82. The lowest BCUT2D eigenvalue weighted by atomic mass is 9.98. The van der Waals surface area contributed by atoms with Gasteiger partial charge < -0.3 is 10.4 Å². The summed E-state index contributed by atoms with van der Waals surface area (Å²) in [4.78, 5) is 18.8. The highest BCUT2D eigenvalue weighted by atomic mass is 35.5. The minimum atomic E-state index is 0.0840. The van der Waals surface area contributed by atoms with Crippen molar-refractivity contribution in [3.05, 3.63) is 22.2 Å². The number of halogens is 1. The van der Waals surface area contributed by atoms with Crippen molar-refractivity contribution in [3.8, 4) is 0 Å². The van der Waals surface area contributed by atoms with Crippen LogP contribution in [0.2, 0.25) is 5.28 Å². The Kier molecular flexibility index (Phi) is 4.37. The van der Waals surface area contributed by atoms with Crippen LogP contribution in [0.15, 0.2) is 0 Å². The monoisotopic (exact) mass is 283 g/mol. The summed E-state index contributed by atoms with van der Waals surface area (Å²) in [5.41, 5.74) is 2.66. The third-order valence-corrected chi connectivity index (χ3v) is 3.99. The van der Waals surface area contributed by atoms with E-state index in [1.165, 1.54) is 0 Å². The highest BCUT2D eigenvalue weighted by molar-refractivity contribution is 6.28. The van der Waals surface area contributed by atoms with Crippen molar-refractivity contribution < 1.29 is 9.90 Å². The van der Waals surface area contributed by atoms with Crippen LogP contribution in [-0.4, -0.2) is 28.1 Å². The van der Waals surface area contributed by atoms with Crippen LogP contribution < -0.4 is 5.32 Å². The Labute approximate surface area is 117 Å². The fourth-order valence-corrected chi connectivity index (χ4v) is 2.48. The van der Waals surface area contributed by atoms with Crippen molar-refractivity contribution in [2.75, 3.05) is 6.61 Å². The summed E-state index contributed by atoms with van der Waals surface area (Å²) < 4.78 is 0. The van der Waals surface area contributed by atoms with Gasteiger partial charge in [-0.3, -0.25) is 4.79 Å². The predicted molar refractivity (Wildman–Crippen MR) is 71.8 cm³/mol. The van der Waals surface area contributed by atoms with Gasteiger partial charge in [0, 0.05) is 24.4 Å². The first-order valence-corrected chi connectivity index (χ1v) is 6.78. The molecule has 0 bridgehead atoms. The van der Waals surface area contributed by atoms with Crippen molar-refractivity contribution in [1.29, 1.82) is 0 Å². The molecule has 1 aromatic heterocycles. The standard InChI is InChI=1S/C13H18ClN3O2/c1-9-10(6-15-8-19)11(17-12(14)16-9)2-3-13(7-18)4-5-13/h8,18H,2-7H2,1H3,(H,15,19). The fourth-order valence-electron chi connectivity index (χ4n) is 2.25. The molecule has 2 rings (SSSR count). The van der Waals surface area contributed by atoms with Gasteiger partial charge in [-0.1, -0.05) is 0 Å². The molecule has 6 heteroatoms. The van der Waals surface area contributed by atoms with E-state index < -0.39 is 0 Å². The van der Waals surface area contributed by atoms with Crippen molar-refractivity contribution in [3.63, 3.8) is 0 Å². The molecule has 5 nitrogen and oxygen atoms in total. The van der Waals surface area contributed by atoms with E-state index in [0.29, 0.717) is 13.0 Å². The van der Waals surface area contributed by atoms with Crippen LogP contribution in [0.1, 0.15) is 36.2 Å². The van der Waals surface area contributed by atoms with E-state index in [1.54, 1.807) is 0 Å². The summed E-state index contributed by atoms with van der Waals surface area (Å²) in [6.07, 6.45) is 4.45. The van der Waals surface area contributed by atoms with Gasteiger partial charge in [0.05, 0.1) is 5.69 Å². The summed E-state index contributed by atoms with van der Waals surface area (Å²) in [5.74, 6) is 0. The molecule has 0 aliphatic heterocycles. The quantitative estimate of drug-likeness (QED) is 0.586. The summed E-state index contributed by atoms with van der Waals surface area (Å²) in [5, 5.41) is 12.2. The third kappa shape index (κ3) is 3.42. The molecule has 1 amide bonds. The molecule has 1 fully saturated rings. The number of rotatable bonds is 7. The Morgan fingerprint density at radius 1 is 1.47 bits per heavy atom. The Morgan fingerprint density at radius 3 is 2.79 bits per heavy atom. The average Bonchev–Trinajstić information content (AvgIpc) is 3.16. The van der Waals surface area contributed by atoms with E-state index in [4.69, 9.17) is 11.6 Å². The molecule has 0 spiro atoms. The van der Waals surface area contributed by atoms with Gasteiger partial charge >= 0.3 is 0 Å². The van der Waals surface area contributed by atoms with Gasteiger partial charge in [0.2, 0.25) is 11.7 Å². The van der Waals surface area contributed by atoms with Crippen LogP contribution in [0.5, 0.6) is 0 Å². The first-order chi connectivity index (χ1) is 9.10. The number of aromatic nitrogens is 2. The van der Waals surface area contributed by atoms with Crippen LogP contribution in [0.3, 0.4) is 0 Å². The van der Waals surface area contributed by atoms with Gasteiger partial charge in [0.1, 0.15) is 0 Å². The lowest BCUT2D eigenvalue weighted by Crippen LogP contribution is -2.16. The Hall–Kier alpha value is -1.20. The minimum absolute atomic E-state index is 0.0840. The molecular formula is C13H18ClN3O2. The average molecular weight is 284 g/mol. The number of aliphatic hydroxyl groups is 1. The molecular weight excluding hydrogens is 266 g/mol. The lowest BCUT2D eigenvalue weighted by molar-refractivity contribution is -0.109.